The van der Waals surface area contributed by atoms with Crippen LogP contribution in [0.3, 0.4) is 0 Å². The number of hydrogen-bond donors (Lipinski definition) is 1. The molecule has 0 bridgehead atoms. The number of aryl methyl sites for hydroxylation is 1. The summed E-state index contributed by atoms with van der Waals surface area (Å²) in [7, 11) is 1.97. The van der Waals surface area contributed by atoms with Gasteiger partial charge in [-0.15, -0.1) is 11.3 Å². The maximum absolute atomic E-state index is 5.91. The lowest BCUT2D eigenvalue weighted by Crippen LogP contribution is -2.11. The SMILES string of the molecule is Cc1cc(N)cnc1N(C)c1ccc(Cl)s1. The lowest BCUT2D eigenvalue weighted by atomic mass is 10.2. The van der Waals surface area contributed by atoms with E-state index in [0.29, 0.717) is 5.69 Å². The zero-order valence-electron chi connectivity index (χ0n) is 9.07. The number of nitrogens with two attached hydrogens (primary N) is 1. The van der Waals surface area contributed by atoms with Gasteiger partial charge < -0.3 is 10.6 Å². The van der Waals surface area contributed by atoms with Crippen molar-refractivity contribution in [3.8, 4) is 0 Å². The Morgan fingerprint density at radius 1 is 1.44 bits per heavy atom. The molecule has 2 aromatic rings. The van der Waals surface area contributed by atoms with Gasteiger partial charge in [-0.3, -0.25) is 0 Å². The van der Waals surface area contributed by atoms with Crippen LogP contribution in [-0.2, 0) is 0 Å². The Morgan fingerprint density at radius 3 is 2.75 bits per heavy atom. The quantitative estimate of drug-likeness (QED) is 0.891. The van der Waals surface area contributed by atoms with Crippen LogP contribution in [0.1, 0.15) is 5.56 Å². The number of hydrogen-bond acceptors (Lipinski definition) is 4. The van der Waals surface area contributed by atoms with E-state index in [-0.39, 0.29) is 0 Å². The van der Waals surface area contributed by atoms with Gasteiger partial charge in [-0.05, 0) is 30.7 Å². The van der Waals surface area contributed by atoms with Gasteiger partial charge in [0, 0.05) is 7.05 Å². The number of pyridine rings is 1. The Bertz CT molecular complexity index is 510. The fourth-order valence-electron chi connectivity index (χ4n) is 1.53. The summed E-state index contributed by atoms with van der Waals surface area (Å²) in [5.74, 6) is 0.896. The molecule has 0 spiro atoms. The molecule has 2 aromatic heterocycles. The van der Waals surface area contributed by atoms with Crippen LogP contribution in [0.25, 0.3) is 0 Å². The van der Waals surface area contributed by atoms with Crippen LogP contribution in [0, 0.1) is 6.92 Å². The molecule has 0 radical (unpaired) electrons. The van der Waals surface area contributed by atoms with Gasteiger partial charge in [0.15, 0.2) is 0 Å². The summed E-state index contributed by atoms with van der Waals surface area (Å²) in [6, 6.07) is 5.77. The molecule has 0 unspecified atom stereocenters. The van der Waals surface area contributed by atoms with Crippen molar-refractivity contribution in [3.05, 3.63) is 34.3 Å². The van der Waals surface area contributed by atoms with E-state index in [1.165, 1.54) is 11.3 Å². The third-order valence-corrected chi connectivity index (χ3v) is 3.59. The molecule has 0 aromatic carbocycles. The monoisotopic (exact) mass is 253 g/mol. The zero-order valence-corrected chi connectivity index (χ0v) is 10.6. The van der Waals surface area contributed by atoms with Crippen molar-refractivity contribution in [2.24, 2.45) is 0 Å². The van der Waals surface area contributed by atoms with E-state index in [1.807, 2.05) is 37.1 Å². The summed E-state index contributed by atoms with van der Waals surface area (Å²) in [6.45, 7) is 1.99. The number of rotatable bonds is 2. The predicted octanol–water partition coefficient (Wildman–Crippen LogP) is 3.46. The Labute approximate surface area is 103 Å². The molecule has 16 heavy (non-hydrogen) atoms. The molecule has 0 atom stereocenters. The molecule has 0 aliphatic carbocycles. The summed E-state index contributed by atoms with van der Waals surface area (Å²) in [5.41, 5.74) is 7.40. The van der Waals surface area contributed by atoms with Crippen LogP contribution in [0.4, 0.5) is 16.5 Å². The van der Waals surface area contributed by atoms with Crippen molar-refractivity contribution in [2.75, 3.05) is 17.7 Å². The van der Waals surface area contributed by atoms with E-state index < -0.39 is 0 Å². The van der Waals surface area contributed by atoms with Crippen LogP contribution < -0.4 is 10.6 Å². The standard InChI is InChI=1S/C11H12ClN3S/c1-7-5-8(13)6-14-11(7)15(2)10-4-3-9(12)16-10/h3-6H,13H2,1-2H3. The first-order valence-electron chi connectivity index (χ1n) is 4.79. The highest BCUT2D eigenvalue weighted by Crippen LogP contribution is 2.33. The van der Waals surface area contributed by atoms with Crippen LogP contribution in [0.15, 0.2) is 24.4 Å². The highest BCUT2D eigenvalue weighted by atomic mass is 35.5. The summed E-state index contributed by atoms with van der Waals surface area (Å²) in [4.78, 5) is 6.33. The van der Waals surface area contributed by atoms with E-state index in [4.69, 9.17) is 17.3 Å². The lowest BCUT2D eigenvalue weighted by Gasteiger charge is -2.18. The highest BCUT2D eigenvalue weighted by Gasteiger charge is 2.10. The van der Waals surface area contributed by atoms with Gasteiger partial charge in [0.1, 0.15) is 5.82 Å². The topological polar surface area (TPSA) is 42.1 Å². The average Bonchev–Trinajstić information content (AvgIpc) is 2.64. The molecule has 0 aliphatic heterocycles. The second-order valence-corrected chi connectivity index (χ2v) is 5.24. The summed E-state index contributed by atoms with van der Waals surface area (Å²) >= 11 is 7.43. The Morgan fingerprint density at radius 2 is 2.19 bits per heavy atom. The molecule has 0 fully saturated rings. The molecule has 2 heterocycles. The van der Waals surface area contributed by atoms with Gasteiger partial charge in [0.25, 0.3) is 0 Å². The van der Waals surface area contributed by atoms with Crippen molar-refractivity contribution in [2.45, 2.75) is 6.92 Å². The summed E-state index contributed by atoms with van der Waals surface area (Å²) in [6.07, 6.45) is 1.66. The first kappa shape index (κ1) is 11.2. The van der Waals surface area contributed by atoms with E-state index in [1.54, 1.807) is 6.20 Å². The number of halogens is 1. The number of anilines is 3. The molecule has 0 amide bonds. The van der Waals surface area contributed by atoms with Crippen molar-refractivity contribution < 1.29 is 0 Å². The minimum absolute atomic E-state index is 0.680. The average molecular weight is 254 g/mol. The van der Waals surface area contributed by atoms with Crippen LogP contribution >= 0.6 is 22.9 Å². The highest BCUT2D eigenvalue weighted by molar-refractivity contribution is 7.20. The molecule has 2 rings (SSSR count). The summed E-state index contributed by atoms with van der Waals surface area (Å²) < 4.78 is 0.773. The van der Waals surface area contributed by atoms with Crippen molar-refractivity contribution in [3.63, 3.8) is 0 Å². The lowest BCUT2D eigenvalue weighted by molar-refractivity contribution is 1.12. The second kappa shape index (κ2) is 4.31. The van der Waals surface area contributed by atoms with Crippen molar-refractivity contribution in [1.82, 2.24) is 4.98 Å². The number of aromatic nitrogens is 1. The molecular weight excluding hydrogens is 242 g/mol. The smallest absolute Gasteiger partial charge is 0.136 e. The molecule has 2 N–H and O–H groups in total. The predicted molar refractivity (Wildman–Crippen MR) is 70.8 cm³/mol. The van der Waals surface area contributed by atoms with Crippen LogP contribution in [0.5, 0.6) is 0 Å². The van der Waals surface area contributed by atoms with Gasteiger partial charge in [0.2, 0.25) is 0 Å². The van der Waals surface area contributed by atoms with E-state index in [2.05, 4.69) is 4.98 Å². The molecule has 3 nitrogen and oxygen atoms in total. The Hall–Kier alpha value is -1.26. The normalized spacial score (nSPS) is 10.4. The minimum Gasteiger partial charge on any atom is -0.397 e. The summed E-state index contributed by atoms with van der Waals surface area (Å²) in [5, 5.41) is 1.06. The first-order valence-corrected chi connectivity index (χ1v) is 5.98. The number of nitrogen functional groups attached to an aromatic ring is 1. The molecule has 5 heteroatoms. The Balaban J connectivity index is 2.37. The fourth-order valence-corrected chi connectivity index (χ4v) is 2.53. The molecule has 0 aliphatic rings. The van der Waals surface area contributed by atoms with Gasteiger partial charge in [-0.25, -0.2) is 4.98 Å². The van der Waals surface area contributed by atoms with Crippen molar-refractivity contribution in [1.29, 1.82) is 0 Å². The second-order valence-electron chi connectivity index (χ2n) is 3.55. The van der Waals surface area contributed by atoms with Crippen LogP contribution in [0.2, 0.25) is 4.34 Å². The third kappa shape index (κ3) is 2.13. The Kier molecular flexibility index (Phi) is 3.03. The largest absolute Gasteiger partial charge is 0.397 e. The zero-order chi connectivity index (χ0) is 11.7. The van der Waals surface area contributed by atoms with Gasteiger partial charge in [0.05, 0.1) is 21.2 Å². The van der Waals surface area contributed by atoms with E-state index in [0.717, 1.165) is 20.7 Å². The molecule has 84 valence electrons. The maximum Gasteiger partial charge on any atom is 0.136 e. The molecule has 0 saturated heterocycles. The fraction of sp³-hybridized carbons (Fsp3) is 0.182. The number of thiophene rings is 1. The van der Waals surface area contributed by atoms with Crippen molar-refractivity contribution >= 4 is 39.4 Å². The van der Waals surface area contributed by atoms with Gasteiger partial charge in [-0.1, -0.05) is 11.6 Å². The van der Waals surface area contributed by atoms with E-state index in [9.17, 15) is 0 Å². The molecule has 0 saturated carbocycles. The van der Waals surface area contributed by atoms with Gasteiger partial charge in [-0.2, -0.15) is 0 Å². The first-order chi connectivity index (χ1) is 7.58. The van der Waals surface area contributed by atoms with E-state index >= 15 is 0 Å². The number of nitrogens with zero attached hydrogens (tertiary/aromatic N) is 2. The third-order valence-electron chi connectivity index (χ3n) is 2.28. The minimum atomic E-state index is 0.680. The maximum atomic E-state index is 5.91. The molecular formula is C11H12ClN3S. The van der Waals surface area contributed by atoms with Gasteiger partial charge >= 0.3 is 0 Å². The van der Waals surface area contributed by atoms with Crippen LogP contribution in [-0.4, -0.2) is 12.0 Å².